The molecule has 1 N–H and O–H groups in total. The van der Waals surface area contributed by atoms with Gasteiger partial charge in [-0.15, -0.1) is 0 Å². The van der Waals surface area contributed by atoms with Gasteiger partial charge in [0.1, 0.15) is 6.07 Å². The van der Waals surface area contributed by atoms with E-state index < -0.39 is 5.82 Å². The number of methoxy groups -OCH3 is 1. The van der Waals surface area contributed by atoms with Gasteiger partial charge in [0.05, 0.1) is 12.8 Å². The van der Waals surface area contributed by atoms with E-state index in [9.17, 15) is 4.39 Å². The third kappa shape index (κ3) is 2.38. The number of halogens is 1. The van der Waals surface area contributed by atoms with Crippen LogP contribution in [0.1, 0.15) is 5.69 Å². The standard InChI is InChI=1S/C13H10FN3O/c1-18-13-5-4-9(7-10(13)14)17-11-3-2-6-16-12(11)8-15/h2-7,17H,1H3. The molecular weight excluding hydrogens is 233 g/mol. The van der Waals surface area contributed by atoms with E-state index in [1.54, 1.807) is 18.2 Å². The number of anilines is 2. The van der Waals surface area contributed by atoms with Gasteiger partial charge in [0, 0.05) is 18.0 Å². The zero-order chi connectivity index (χ0) is 13.0. The van der Waals surface area contributed by atoms with Crippen LogP contribution in [-0.2, 0) is 0 Å². The van der Waals surface area contributed by atoms with Crippen molar-refractivity contribution in [2.24, 2.45) is 0 Å². The summed E-state index contributed by atoms with van der Waals surface area (Å²) in [6.07, 6.45) is 1.53. The lowest BCUT2D eigenvalue weighted by molar-refractivity contribution is 0.386. The summed E-state index contributed by atoms with van der Waals surface area (Å²) in [6, 6.07) is 9.84. The van der Waals surface area contributed by atoms with E-state index in [1.165, 1.54) is 25.4 Å². The Hall–Kier alpha value is -2.61. The van der Waals surface area contributed by atoms with Crippen molar-refractivity contribution in [2.45, 2.75) is 0 Å². The summed E-state index contributed by atoms with van der Waals surface area (Å²) < 4.78 is 18.3. The Kier molecular flexibility index (Phi) is 3.39. The quantitative estimate of drug-likeness (QED) is 0.900. The van der Waals surface area contributed by atoms with E-state index in [0.29, 0.717) is 11.4 Å². The molecule has 4 nitrogen and oxygen atoms in total. The van der Waals surface area contributed by atoms with E-state index in [-0.39, 0.29) is 11.4 Å². The Labute approximate surface area is 104 Å². The lowest BCUT2D eigenvalue weighted by Gasteiger charge is -2.08. The second-order valence-electron chi connectivity index (χ2n) is 3.49. The largest absolute Gasteiger partial charge is 0.494 e. The molecule has 2 rings (SSSR count). The Morgan fingerprint density at radius 1 is 1.39 bits per heavy atom. The van der Waals surface area contributed by atoms with E-state index >= 15 is 0 Å². The summed E-state index contributed by atoms with van der Waals surface area (Å²) in [4.78, 5) is 3.91. The molecule has 0 radical (unpaired) electrons. The minimum atomic E-state index is -0.468. The van der Waals surface area contributed by atoms with Gasteiger partial charge in [0.25, 0.3) is 0 Å². The number of hydrogen-bond donors (Lipinski definition) is 1. The van der Waals surface area contributed by atoms with Crippen LogP contribution in [0.4, 0.5) is 15.8 Å². The van der Waals surface area contributed by atoms with E-state index in [0.717, 1.165) is 0 Å². The van der Waals surface area contributed by atoms with Crippen LogP contribution in [0.15, 0.2) is 36.5 Å². The molecule has 0 aliphatic carbocycles. The van der Waals surface area contributed by atoms with Gasteiger partial charge in [-0.2, -0.15) is 5.26 Å². The van der Waals surface area contributed by atoms with Crippen molar-refractivity contribution in [3.63, 3.8) is 0 Å². The molecule has 18 heavy (non-hydrogen) atoms. The first-order valence-electron chi connectivity index (χ1n) is 5.20. The van der Waals surface area contributed by atoms with Gasteiger partial charge in [0.15, 0.2) is 17.3 Å². The van der Waals surface area contributed by atoms with Crippen molar-refractivity contribution < 1.29 is 9.13 Å². The fourth-order valence-corrected chi connectivity index (χ4v) is 1.49. The average Bonchev–Trinajstić information content (AvgIpc) is 2.39. The minimum absolute atomic E-state index is 0.173. The molecule has 1 aromatic carbocycles. The molecule has 0 unspecified atom stereocenters. The van der Waals surface area contributed by atoms with Crippen molar-refractivity contribution in [1.29, 1.82) is 5.26 Å². The molecule has 90 valence electrons. The first-order chi connectivity index (χ1) is 8.74. The van der Waals surface area contributed by atoms with Gasteiger partial charge < -0.3 is 10.1 Å². The fraction of sp³-hybridized carbons (Fsp3) is 0.0769. The van der Waals surface area contributed by atoms with Crippen LogP contribution in [0.2, 0.25) is 0 Å². The topological polar surface area (TPSA) is 57.9 Å². The number of nitrogens with one attached hydrogen (secondary N) is 1. The zero-order valence-corrected chi connectivity index (χ0v) is 9.64. The van der Waals surface area contributed by atoms with Crippen LogP contribution in [0.3, 0.4) is 0 Å². The Bertz CT molecular complexity index is 607. The highest BCUT2D eigenvalue weighted by molar-refractivity contribution is 5.64. The summed E-state index contributed by atoms with van der Waals surface area (Å²) in [7, 11) is 1.40. The number of aromatic nitrogens is 1. The number of hydrogen-bond acceptors (Lipinski definition) is 4. The minimum Gasteiger partial charge on any atom is -0.494 e. The van der Waals surface area contributed by atoms with Crippen molar-refractivity contribution in [3.05, 3.63) is 48.0 Å². The molecule has 5 heteroatoms. The normalized spacial score (nSPS) is 9.61. The zero-order valence-electron chi connectivity index (χ0n) is 9.64. The number of pyridine rings is 1. The second-order valence-corrected chi connectivity index (χ2v) is 3.49. The molecule has 2 aromatic rings. The highest BCUT2D eigenvalue weighted by Crippen LogP contribution is 2.24. The van der Waals surface area contributed by atoms with Crippen molar-refractivity contribution in [3.8, 4) is 11.8 Å². The first kappa shape index (κ1) is 11.9. The average molecular weight is 243 g/mol. The number of nitrogens with zero attached hydrogens (tertiary/aromatic N) is 2. The smallest absolute Gasteiger partial charge is 0.167 e. The van der Waals surface area contributed by atoms with Crippen molar-refractivity contribution in [2.75, 3.05) is 12.4 Å². The molecule has 0 aliphatic rings. The molecule has 0 spiro atoms. The summed E-state index contributed by atoms with van der Waals surface area (Å²) >= 11 is 0. The number of benzene rings is 1. The lowest BCUT2D eigenvalue weighted by Crippen LogP contribution is -1.96. The molecule has 0 fully saturated rings. The van der Waals surface area contributed by atoms with Gasteiger partial charge >= 0.3 is 0 Å². The second kappa shape index (κ2) is 5.15. The van der Waals surface area contributed by atoms with Crippen molar-refractivity contribution >= 4 is 11.4 Å². The SMILES string of the molecule is COc1ccc(Nc2cccnc2C#N)cc1F. The highest BCUT2D eigenvalue weighted by Gasteiger charge is 2.06. The van der Waals surface area contributed by atoms with Crippen LogP contribution in [0.5, 0.6) is 5.75 Å². The van der Waals surface area contributed by atoms with Gasteiger partial charge in [-0.1, -0.05) is 0 Å². The molecule has 0 atom stereocenters. The van der Waals surface area contributed by atoms with Crippen LogP contribution < -0.4 is 10.1 Å². The summed E-state index contributed by atoms with van der Waals surface area (Å²) in [6.45, 7) is 0. The van der Waals surface area contributed by atoms with E-state index in [1.807, 2.05) is 6.07 Å². The van der Waals surface area contributed by atoms with Gasteiger partial charge in [-0.05, 0) is 24.3 Å². The summed E-state index contributed by atoms with van der Waals surface area (Å²) in [5.41, 5.74) is 1.32. The maximum absolute atomic E-state index is 13.5. The lowest BCUT2D eigenvalue weighted by atomic mass is 10.2. The molecule has 0 aliphatic heterocycles. The summed E-state index contributed by atoms with van der Waals surface area (Å²) in [5, 5.41) is 11.8. The van der Waals surface area contributed by atoms with Gasteiger partial charge in [-0.3, -0.25) is 0 Å². The molecule has 0 bridgehead atoms. The fourth-order valence-electron chi connectivity index (χ4n) is 1.49. The predicted octanol–water partition coefficient (Wildman–Crippen LogP) is 2.84. The van der Waals surface area contributed by atoms with E-state index in [4.69, 9.17) is 10.00 Å². The van der Waals surface area contributed by atoms with Crippen LogP contribution >= 0.6 is 0 Å². The molecule has 0 amide bonds. The Morgan fingerprint density at radius 3 is 2.89 bits per heavy atom. The van der Waals surface area contributed by atoms with Crippen LogP contribution in [-0.4, -0.2) is 12.1 Å². The third-order valence-electron chi connectivity index (χ3n) is 2.34. The first-order valence-corrected chi connectivity index (χ1v) is 5.20. The van der Waals surface area contributed by atoms with Crippen LogP contribution in [0, 0.1) is 17.1 Å². The van der Waals surface area contributed by atoms with Gasteiger partial charge in [-0.25, -0.2) is 9.37 Å². The van der Waals surface area contributed by atoms with Gasteiger partial charge in [0.2, 0.25) is 0 Å². The Balaban J connectivity index is 2.29. The van der Waals surface area contributed by atoms with Crippen molar-refractivity contribution in [1.82, 2.24) is 4.98 Å². The highest BCUT2D eigenvalue weighted by atomic mass is 19.1. The molecule has 0 saturated carbocycles. The maximum atomic E-state index is 13.5. The predicted molar refractivity (Wildman–Crippen MR) is 65.2 cm³/mol. The number of nitriles is 1. The Morgan fingerprint density at radius 2 is 2.22 bits per heavy atom. The number of ether oxygens (including phenoxy) is 1. The van der Waals surface area contributed by atoms with Crippen LogP contribution in [0.25, 0.3) is 0 Å². The number of rotatable bonds is 3. The van der Waals surface area contributed by atoms with E-state index in [2.05, 4.69) is 10.3 Å². The molecule has 1 heterocycles. The monoisotopic (exact) mass is 243 g/mol. The third-order valence-corrected chi connectivity index (χ3v) is 2.34. The maximum Gasteiger partial charge on any atom is 0.167 e. The molecule has 0 saturated heterocycles. The molecular formula is C13H10FN3O. The molecule has 1 aromatic heterocycles. The summed E-state index contributed by atoms with van der Waals surface area (Å²) in [5.74, 6) is -0.294.